The van der Waals surface area contributed by atoms with Gasteiger partial charge in [0, 0.05) is 25.2 Å². The van der Waals surface area contributed by atoms with Gasteiger partial charge < -0.3 is 5.73 Å². The van der Waals surface area contributed by atoms with E-state index >= 15 is 0 Å². The third-order valence-electron chi connectivity index (χ3n) is 2.44. The van der Waals surface area contributed by atoms with Crippen LogP contribution in [0.2, 0.25) is 0 Å². The molecule has 0 amide bonds. The van der Waals surface area contributed by atoms with Crippen molar-refractivity contribution in [3.05, 3.63) is 17.5 Å². The highest BCUT2D eigenvalue weighted by Crippen LogP contribution is 2.21. The van der Waals surface area contributed by atoms with Gasteiger partial charge in [0.15, 0.2) is 0 Å². The van der Waals surface area contributed by atoms with E-state index in [1.54, 1.807) is 0 Å². The van der Waals surface area contributed by atoms with Crippen LogP contribution in [0.25, 0.3) is 0 Å². The Hall–Kier alpha value is -0.830. The van der Waals surface area contributed by atoms with Gasteiger partial charge in [0.05, 0.1) is 5.69 Å². The van der Waals surface area contributed by atoms with Crippen LogP contribution in [0.15, 0.2) is 6.07 Å². The van der Waals surface area contributed by atoms with E-state index in [1.807, 2.05) is 18.7 Å². The zero-order valence-corrected chi connectivity index (χ0v) is 10.5. The monoisotopic (exact) mass is 209 g/mol. The van der Waals surface area contributed by atoms with Gasteiger partial charge in [0.25, 0.3) is 0 Å². The van der Waals surface area contributed by atoms with E-state index < -0.39 is 0 Å². The zero-order valence-electron chi connectivity index (χ0n) is 10.5. The van der Waals surface area contributed by atoms with E-state index in [0.717, 1.165) is 18.5 Å². The van der Waals surface area contributed by atoms with Crippen LogP contribution in [0.5, 0.6) is 0 Å². The Balaban J connectivity index is 2.58. The average Bonchev–Trinajstić information content (AvgIpc) is 2.25. The smallest absolute Gasteiger partial charge is 0.0596 e. The lowest BCUT2D eigenvalue weighted by atomic mass is 9.87. The number of rotatable bonds is 3. The Labute approximate surface area is 92.7 Å². The Kier molecular flexibility index (Phi) is 3.55. The first-order chi connectivity index (χ1) is 6.78. The number of hydrogen-bond donors (Lipinski definition) is 1. The normalized spacial score (nSPS) is 14.3. The molecule has 0 aliphatic rings. The second kappa shape index (κ2) is 4.35. The van der Waals surface area contributed by atoms with Gasteiger partial charge in [-0.2, -0.15) is 5.10 Å². The molecule has 0 aliphatic heterocycles. The molecule has 2 N–H and O–H groups in total. The maximum absolute atomic E-state index is 6.13. The molecule has 15 heavy (non-hydrogen) atoms. The lowest BCUT2D eigenvalue weighted by Crippen LogP contribution is -2.29. The summed E-state index contributed by atoms with van der Waals surface area (Å²) in [6.45, 7) is 8.68. The van der Waals surface area contributed by atoms with Crippen molar-refractivity contribution in [1.82, 2.24) is 9.78 Å². The largest absolute Gasteiger partial charge is 0.327 e. The fourth-order valence-corrected chi connectivity index (χ4v) is 1.98. The molecule has 1 aromatic rings. The molecule has 1 atom stereocenters. The third-order valence-corrected chi connectivity index (χ3v) is 2.44. The molecule has 1 rings (SSSR count). The molecule has 0 bridgehead atoms. The van der Waals surface area contributed by atoms with Crippen LogP contribution in [0.4, 0.5) is 0 Å². The Morgan fingerprint density at radius 1 is 1.47 bits per heavy atom. The highest BCUT2D eigenvalue weighted by Gasteiger charge is 2.17. The first-order valence-corrected chi connectivity index (χ1v) is 5.53. The second-order valence-electron chi connectivity index (χ2n) is 5.63. The SMILES string of the molecule is Cc1cc(CC(N)CC(C)(C)C)n(C)n1. The first kappa shape index (κ1) is 12.2. The second-order valence-corrected chi connectivity index (χ2v) is 5.63. The molecular formula is C12H23N3. The van der Waals surface area contributed by atoms with E-state index in [4.69, 9.17) is 5.73 Å². The van der Waals surface area contributed by atoms with E-state index in [1.165, 1.54) is 5.69 Å². The Morgan fingerprint density at radius 2 is 2.07 bits per heavy atom. The molecular weight excluding hydrogens is 186 g/mol. The minimum absolute atomic E-state index is 0.222. The lowest BCUT2D eigenvalue weighted by molar-refractivity contribution is 0.336. The minimum Gasteiger partial charge on any atom is -0.327 e. The van der Waals surface area contributed by atoms with Gasteiger partial charge in [-0.15, -0.1) is 0 Å². The first-order valence-electron chi connectivity index (χ1n) is 5.53. The van der Waals surface area contributed by atoms with Crippen LogP contribution in [0.1, 0.15) is 38.6 Å². The van der Waals surface area contributed by atoms with Gasteiger partial charge in [-0.05, 0) is 24.8 Å². The highest BCUT2D eigenvalue weighted by atomic mass is 15.3. The summed E-state index contributed by atoms with van der Waals surface area (Å²) in [5.74, 6) is 0. The summed E-state index contributed by atoms with van der Waals surface area (Å²) in [6.07, 6.45) is 1.95. The summed E-state index contributed by atoms with van der Waals surface area (Å²) in [4.78, 5) is 0. The molecule has 0 spiro atoms. The number of aryl methyl sites for hydroxylation is 2. The van der Waals surface area contributed by atoms with Crippen LogP contribution in [-0.2, 0) is 13.5 Å². The number of nitrogens with zero attached hydrogens (tertiary/aromatic N) is 2. The Bertz CT molecular complexity index is 320. The summed E-state index contributed by atoms with van der Waals surface area (Å²) in [5, 5.41) is 4.32. The predicted octanol–water partition coefficient (Wildman–Crippen LogP) is 2.03. The molecule has 3 nitrogen and oxygen atoms in total. The van der Waals surface area contributed by atoms with Crippen LogP contribution < -0.4 is 5.73 Å². The van der Waals surface area contributed by atoms with Crippen molar-refractivity contribution >= 4 is 0 Å². The summed E-state index contributed by atoms with van der Waals surface area (Å²) < 4.78 is 1.93. The van der Waals surface area contributed by atoms with Crippen molar-refractivity contribution in [1.29, 1.82) is 0 Å². The van der Waals surface area contributed by atoms with E-state index in [9.17, 15) is 0 Å². The molecule has 0 radical (unpaired) electrons. The molecule has 0 saturated heterocycles. The zero-order chi connectivity index (χ0) is 11.6. The minimum atomic E-state index is 0.222. The number of aromatic nitrogens is 2. The predicted molar refractivity (Wildman–Crippen MR) is 63.7 cm³/mol. The molecule has 0 fully saturated rings. The van der Waals surface area contributed by atoms with Crippen LogP contribution in [-0.4, -0.2) is 15.8 Å². The number of nitrogens with two attached hydrogens (primary N) is 1. The molecule has 0 aromatic carbocycles. The molecule has 1 unspecified atom stereocenters. The van der Waals surface area contributed by atoms with Gasteiger partial charge >= 0.3 is 0 Å². The van der Waals surface area contributed by atoms with E-state index in [2.05, 4.69) is 31.9 Å². The van der Waals surface area contributed by atoms with Gasteiger partial charge in [0.2, 0.25) is 0 Å². The van der Waals surface area contributed by atoms with Crippen LogP contribution in [0.3, 0.4) is 0 Å². The average molecular weight is 209 g/mol. The molecule has 0 aliphatic carbocycles. The van der Waals surface area contributed by atoms with Gasteiger partial charge in [-0.25, -0.2) is 0 Å². The molecule has 86 valence electrons. The van der Waals surface area contributed by atoms with Crippen molar-refractivity contribution < 1.29 is 0 Å². The van der Waals surface area contributed by atoms with Crippen LogP contribution in [0, 0.1) is 12.3 Å². The summed E-state index contributed by atoms with van der Waals surface area (Å²) >= 11 is 0. The molecule has 1 heterocycles. The summed E-state index contributed by atoms with van der Waals surface area (Å²) in [6, 6.07) is 2.34. The van der Waals surface area contributed by atoms with E-state index in [-0.39, 0.29) is 6.04 Å². The van der Waals surface area contributed by atoms with Gasteiger partial charge in [-0.3, -0.25) is 4.68 Å². The number of hydrogen-bond acceptors (Lipinski definition) is 2. The summed E-state index contributed by atoms with van der Waals surface area (Å²) in [7, 11) is 1.98. The Morgan fingerprint density at radius 3 is 2.47 bits per heavy atom. The topological polar surface area (TPSA) is 43.8 Å². The third kappa shape index (κ3) is 4.04. The van der Waals surface area contributed by atoms with Crippen molar-refractivity contribution in [3.63, 3.8) is 0 Å². The van der Waals surface area contributed by atoms with Crippen LogP contribution >= 0.6 is 0 Å². The van der Waals surface area contributed by atoms with Gasteiger partial charge in [0.1, 0.15) is 0 Å². The van der Waals surface area contributed by atoms with Crippen molar-refractivity contribution in [2.45, 2.75) is 46.6 Å². The quantitative estimate of drug-likeness (QED) is 0.828. The fourth-order valence-electron chi connectivity index (χ4n) is 1.98. The molecule has 1 aromatic heterocycles. The van der Waals surface area contributed by atoms with E-state index in [0.29, 0.717) is 5.41 Å². The molecule has 3 heteroatoms. The lowest BCUT2D eigenvalue weighted by Gasteiger charge is -2.23. The van der Waals surface area contributed by atoms with Gasteiger partial charge in [-0.1, -0.05) is 20.8 Å². The van der Waals surface area contributed by atoms with Crippen molar-refractivity contribution in [2.75, 3.05) is 0 Å². The molecule has 0 saturated carbocycles. The fraction of sp³-hybridized carbons (Fsp3) is 0.750. The standard InChI is InChI=1S/C12H23N3/c1-9-6-11(15(5)14-9)7-10(13)8-12(2,3)4/h6,10H,7-8,13H2,1-5H3. The van der Waals surface area contributed by atoms with Crippen molar-refractivity contribution in [3.8, 4) is 0 Å². The maximum atomic E-state index is 6.13. The summed E-state index contributed by atoms with van der Waals surface area (Å²) in [5.41, 5.74) is 8.72. The van der Waals surface area contributed by atoms with Crippen molar-refractivity contribution in [2.24, 2.45) is 18.2 Å². The maximum Gasteiger partial charge on any atom is 0.0596 e. The highest BCUT2D eigenvalue weighted by molar-refractivity contribution is 5.10.